The van der Waals surface area contributed by atoms with Crippen LogP contribution in [0.2, 0.25) is 0 Å². The Morgan fingerprint density at radius 2 is 2.27 bits per heavy atom. The Balaban J connectivity index is 1.95. The molecule has 2 saturated heterocycles. The molecule has 116 valence electrons. The molecular weight excluding hydrogens is 288 g/mol. The average molecular weight is 305 g/mol. The van der Waals surface area contributed by atoms with E-state index in [1.807, 2.05) is 6.07 Å². The summed E-state index contributed by atoms with van der Waals surface area (Å²) in [5.41, 5.74) is -0.358. The molecule has 0 spiro atoms. The van der Waals surface area contributed by atoms with Gasteiger partial charge in [-0.3, -0.25) is 9.78 Å². The fraction of sp³-hybridized carbons (Fsp3) is 0.562. The summed E-state index contributed by atoms with van der Waals surface area (Å²) in [6, 6.07) is 3.34. The highest BCUT2D eigenvalue weighted by atomic mass is 19.3. The lowest BCUT2D eigenvalue weighted by Gasteiger charge is -2.29. The molecule has 2 fully saturated rings. The van der Waals surface area contributed by atoms with Crippen LogP contribution in [0.5, 0.6) is 0 Å². The first-order valence-corrected chi connectivity index (χ1v) is 7.49. The molecule has 1 aromatic rings. The Morgan fingerprint density at radius 1 is 1.50 bits per heavy atom. The summed E-state index contributed by atoms with van der Waals surface area (Å²) in [7, 11) is 0. The third-order valence-electron chi connectivity index (χ3n) is 5.08. The number of alkyl halides is 2. The lowest BCUT2D eigenvalue weighted by Crippen LogP contribution is -2.40. The van der Waals surface area contributed by atoms with E-state index < -0.39 is 17.7 Å². The van der Waals surface area contributed by atoms with Crippen LogP contribution in [0, 0.1) is 16.7 Å². The average Bonchev–Trinajstić information content (AvgIpc) is 3.06. The molecule has 4 nitrogen and oxygen atoms in total. The number of hydrogen-bond donors (Lipinski definition) is 0. The van der Waals surface area contributed by atoms with E-state index in [0.29, 0.717) is 5.56 Å². The van der Waals surface area contributed by atoms with E-state index in [9.17, 15) is 13.6 Å². The summed E-state index contributed by atoms with van der Waals surface area (Å²) in [5, 5.41) is 8.97. The van der Waals surface area contributed by atoms with Crippen molar-refractivity contribution in [3.8, 4) is 6.07 Å². The van der Waals surface area contributed by atoms with Gasteiger partial charge in [0, 0.05) is 18.4 Å². The number of nitrogens with zero attached hydrogens (tertiary/aromatic N) is 3. The van der Waals surface area contributed by atoms with Crippen LogP contribution in [0.4, 0.5) is 8.78 Å². The minimum absolute atomic E-state index is 0.128. The minimum atomic E-state index is -2.64. The van der Waals surface area contributed by atoms with Crippen molar-refractivity contribution in [3.05, 3.63) is 29.6 Å². The molecule has 0 saturated carbocycles. The standard InChI is InChI=1S/C16H17F2N3O/c1-2-16(14(17)18)6-12-3-4-13(21(12)15(16)22)11-5-10(7-19)8-20-9-11/h5,8-9,12-14H,2-4,6H2,1H3/t12-,13+,16+/m0/s1. The van der Waals surface area contributed by atoms with Crippen LogP contribution in [0.1, 0.15) is 49.8 Å². The Bertz CT molecular complexity index is 643. The first kappa shape index (κ1) is 14.9. The fourth-order valence-corrected chi connectivity index (χ4v) is 3.82. The lowest BCUT2D eigenvalue weighted by molar-refractivity contribution is -0.146. The number of carbonyl (C=O) groups excluding carboxylic acids is 1. The molecule has 0 aromatic carbocycles. The van der Waals surface area contributed by atoms with E-state index >= 15 is 0 Å². The van der Waals surface area contributed by atoms with E-state index in [1.54, 1.807) is 24.1 Å². The molecule has 0 bridgehead atoms. The van der Waals surface area contributed by atoms with E-state index in [2.05, 4.69) is 4.98 Å². The predicted octanol–water partition coefficient (Wildman–Crippen LogP) is 3.05. The van der Waals surface area contributed by atoms with Crippen LogP contribution in [0.25, 0.3) is 0 Å². The highest BCUT2D eigenvalue weighted by molar-refractivity contribution is 5.86. The van der Waals surface area contributed by atoms with Gasteiger partial charge in [-0.25, -0.2) is 8.78 Å². The summed E-state index contributed by atoms with van der Waals surface area (Å²) >= 11 is 0. The van der Waals surface area contributed by atoms with Crippen LogP contribution in [0.15, 0.2) is 18.5 Å². The van der Waals surface area contributed by atoms with Gasteiger partial charge in [-0.2, -0.15) is 5.26 Å². The number of aromatic nitrogens is 1. The molecule has 0 aliphatic carbocycles. The molecule has 1 aromatic heterocycles. The second-order valence-corrected chi connectivity index (χ2v) is 6.09. The molecule has 2 aliphatic rings. The third kappa shape index (κ3) is 1.99. The monoisotopic (exact) mass is 305 g/mol. The smallest absolute Gasteiger partial charge is 0.252 e. The normalized spacial score (nSPS) is 30.7. The summed E-state index contributed by atoms with van der Waals surface area (Å²) in [6.07, 6.45) is 2.27. The summed E-state index contributed by atoms with van der Waals surface area (Å²) in [5.74, 6) is -0.445. The number of rotatable bonds is 3. The van der Waals surface area contributed by atoms with Crippen molar-refractivity contribution in [2.75, 3.05) is 0 Å². The van der Waals surface area contributed by atoms with Crippen LogP contribution < -0.4 is 0 Å². The number of fused-ring (bicyclic) bond motifs is 1. The van der Waals surface area contributed by atoms with Gasteiger partial charge in [-0.1, -0.05) is 6.92 Å². The fourth-order valence-electron chi connectivity index (χ4n) is 3.82. The zero-order chi connectivity index (χ0) is 15.9. The highest BCUT2D eigenvalue weighted by Gasteiger charge is 2.59. The number of hydrogen-bond acceptors (Lipinski definition) is 3. The van der Waals surface area contributed by atoms with Crippen molar-refractivity contribution in [2.24, 2.45) is 5.41 Å². The number of nitriles is 1. The predicted molar refractivity (Wildman–Crippen MR) is 74.9 cm³/mol. The summed E-state index contributed by atoms with van der Waals surface area (Å²) in [6.45, 7) is 1.65. The van der Waals surface area contributed by atoms with E-state index in [0.717, 1.165) is 18.4 Å². The minimum Gasteiger partial charge on any atom is -0.332 e. The molecule has 0 unspecified atom stereocenters. The number of pyridine rings is 1. The van der Waals surface area contributed by atoms with Crippen molar-refractivity contribution >= 4 is 5.91 Å². The lowest BCUT2D eigenvalue weighted by atomic mass is 9.81. The van der Waals surface area contributed by atoms with Crippen LogP contribution in [-0.2, 0) is 4.79 Å². The van der Waals surface area contributed by atoms with Crippen molar-refractivity contribution in [3.63, 3.8) is 0 Å². The summed E-state index contributed by atoms with van der Waals surface area (Å²) < 4.78 is 27.0. The second kappa shape index (κ2) is 5.31. The maximum absolute atomic E-state index is 13.5. The Labute approximate surface area is 127 Å². The molecule has 3 heterocycles. The molecular formula is C16H17F2N3O. The van der Waals surface area contributed by atoms with Gasteiger partial charge >= 0.3 is 0 Å². The van der Waals surface area contributed by atoms with E-state index in [4.69, 9.17) is 5.26 Å². The molecule has 0 radical (unpaired) electrons. The highest BCUT2D eigenvalue weighted by Crippen LogP contribution is 2.52. The van der Waals surface area contributed by atoms with Crippen molar-refractivity contribution in [1.82, 2.24) is 9.88 Å². The van der Waals surface area contributed by atoms with Gasteiger partial charge in [0.2, 0.25) is 5.91 Å². The topological polar surface area (TPSA) is 57.0 Å². The number of carbonyl (C=O) groups is 1. The number of amides is 1. The van der Waals surface area contributed by atoms with Crippen molar-refractivity contribution in [1.29, 1.82) is 5.26 Å². The van der Waals surface area contributed by atoms with Crippen LogP contribution >= 0.6 is 0 Å². The van der Waals surface area contributed by atoms with Gasteiger partial charge in [-0.05, 0) is 37.3 Å². The maximum atomic E-state index is 13.5. The molecule has 1 amide bonds. The largest absolute Gasteiger partial charge is 0.332 e. The van der Waals surface area contributed by atoms with Gasteiger partial charge < -0.3 is 4.90 Å². The molecule has 6 heteroatoms. The van der Waals surface area contributed by atoms with Gasteiger partial charge in [-0.15, -0.1) is 0 Å². The molecule has 2 aliphatic heterocycles. The first-order chi connectivity index (χ1) is 10.5. The Morgan fingerprint density at radius 3 is 2.91 bits per heavy atom. The van der Waals surface area contributed by atoms with Gasteiger partial charge in [0.25, 0.3) is 6.43 Å². The first-order valence-electron chi connectivity index (χ1n) is 7.49. The second-order valence-electron chi connectivity index (χ2n) is 6.09. The third-order valence-corrected chi connectivity index (χ3v) is 5.08. The molecule has 3 rings (SSSR count). The van der Waals surface area contributed by atoms with E-state index in [1.165, 1.54) is 6.20 Å². The quantitative estimate of drug-likeness (QED) is 0.862. The zero-order valence-electron chi connectivity index (χ0n) is 12.3. The van der Waals surface area contributed by atoms with Crippen molar-refractivity contribution in [2.45, 2.75) is 51.1 Å². The zero-order valence-corrected chi connectivity index (χ0v) is 12.3. The molecule has 22 heavy (non-hydrogen) atoms. The Kier molecular flexibility index (Phi) is 3.59. The van der Waals surface area contributed by atoms with E-state index in [-0.39, 0.29) is 24.9 Å². The SMILES string of the molecule is CC[C@]1(C(F)F)C[C@@H]2CC[C@H](c3cncc(C#N)c3)N2C1=O. The molecule has 3 atom stereocenters. The van der Waals surface area contributed by atoms with Crippen LogP contribution in [-0.4, -0.2) is 28.3 Å². The molecule has 0 N–H and O–H groups in total. The Hall–Kier alpha value is -2.03. The van der Waals surface area contributed by atoms with Crippen molar-refractivity contribution < 1.29 is 13.6 Å². The summed E-state index contributed by atoms with van der Waals surface area (Å²) in [4.78, 5) is 18.3. The van der Waals surface area contributed by atoms with Gasteiger partial charge in [0.05, 0.1) is 11.6 Å². The number of halogens is 2. The van der Waals surface area contributed by atoms with Gasteiger partial charge in [0.1, 0.15) is 11.5 Å². The van der Waals surface area contributed by atoms with Gasteiger partial charge in [0.15, 0.2) is 0 Å². The maximum Gasteiger partial charge on any atom is 0.252 e. The van der Waals surface area contributed by atoms with Crippen LogP contribution in [0.3, 0.4) is 0 Å².